The van der Waals surface area contributed by atoms with Gasteiger partial charge in [-0.25, -0.2) is 0 Å². The molecule has 0 saturated carbocycles. The molecule has 0 amide bonds. The maximum absolute atomic E-state index is 13.9. The van der Waals surface area contributed by atoms with Gasteiger partial charge in [-0.3, -0.25) is 0 Å². The molecule has 27 heavy (non-hydrogen) atoms. The van der Waals surface area contributed by atoms with E-state index in [1.54, 1.807) is 36.4 Å². The van der Waals surface area contributed by atoms with Gasteiger partial charge in [0.25, 0.3) is 0 Å². The molecule has 0 radical (unpaired) electrons. The maximum Gasteiger partial charge on any atom is 0.459 e. The van der Waals surface area contributed by atoms with E-state index in [1.165, 1.54) is 18.2 Å². The third kappa shape index (κ3) is 4.10. The molecule has 0 aromatic heterocycles. The zero-order valence-electron chi connectivity index (χ0n) is 14.5. The van der Waals surface area contributed by atoms with Gasteiger partial charge in [-0.1, -0.05) is 48.5 Å². The minimum Gasteiger partial charge on any atom is -0.374 e. The quantitative estimate of drug-likeness (QED) is 0.513. The Morgan fingerprint density at radius 1 is 0.778 bits per heavy atom. The molecule has 1 nitrogen and oxygen atoms in total. The van der Waals surface area contributed by atoms with Gasteiger partial charge in [-0.05, 0) is 29.7 Å². The van der Waals surface area contributed by atoms with Crippen molar-refractivity contribution in [2.24, 2.45) is 0 Å². The van der Waals surface area contributed by atoms with Gasteiger partial charge in [0.15, 0.2) is 0 Å². The third-order valence-corrected chi connectivity index (χ3v) is 4.41. The zero-order valence-corrected chi connectivity index (χ0v) is 14.5. The van der Waals surface area contributed by atoms with E-state index >= 15 is 0 Å². The fourth-order valence-corrected chi connectivity index (χ4v) is 2.69. The SMILES string of the molecule is COC(C)(CC(F)(F)C(F)(F)C(F)(F)F)c1cccc(-c2ccccc2)c1. The number of methoxy groups -OCH3 is 1. The predicted octanol–water partition coefficient (Wildman–Crippen LogP) is 6.44. The largest absolute Gasteiger partial charge is 0.459 e. The first-order chi connectivity index (χ1) is 12.3. The van der Waals surface area contributed by atoms with Crippen LogP contribution in [-0.2, 0) is 10.3 Å². The van der Waals surface area contributed by atoms with Crippen LogP contribution in [0.2, 0.25) is 0 Å². The second kappa shape index (κ2) is 7.14. The Morgan fingerprint density at radius 2 is 1.33 bits per heavy atom. The summed E-state index contributed by atoms with van der Waals surface area (Å²) in [6.07, 6.45) is -8.22. The third-order valence-electron chi connectivity index (χ3n) is 4.41. The summed E-state index contributed by atoms with van der Waals surface area (Å²) in [4.78, 5) is 0. The first-order valence-electron chi connectivity index (χ1n) is 7.87. The van der Waals surface area contributed by atoms with Crippen LogP contribution in [0.4, 0.5) is 30.7 Å². The van der Waals surface area contributed by atoms with E-state index in [2.05, 4.69) is 0 Å². The molecule has 0 heterocycles. The summed E-state index contributed by atoms with van der Waals surface area (Å²) < 4.78 is 96.7. The molecule has 0 fully saturated rings. The molecule has 8 heteroatoms. The van der Waals surface area contributed by atoms with Crippen molar-refractivity contribution in [3.8, 4) is 11.1 Å². The van der Waals surface area contributed by atoms with Gasteiger partial charge in [0.1, 0.15) is 0 Å². The monoisotopic (exact) mass is 394 g/mol. The van der Waals surface area contributed by atoms with Crippen LogP contribution >= 0.6 is 0 Å². The summed E-state index contributed by atoms with van der Waals surface area (Å²) >= 11 is 0. The molecule has 2 aromatic rings. The number of rotatable bonds is 6. The van der Waals surface area contributed by atoms with E-state index in [0.717, 1.165) is 19.6 Å². The maximum atomic E-state index is 13.9. The number of alkyl halides is 7. The molecule has 0 aliphatic heterocycles. The fraction of sp³-hybridized carbons (Fsp3) is 0.368. The minimum absolute atomic E-state index is 0.0593. The summed E-state index contributed by atoms with van der Waals surface area (Å²) in [6.45, 7) is 1.05. The molecular weight excluding hydrogens is 377 g/mol. The van der Waals surface area contributed by atoms with Crippen molar-refractivity contribution in [2.45, 2.75) is 37.0 Å². The van der Waals surface area contributed by atoms with E-state index in [-0.39, 0.29) is 5.56 Å². The average Bonchev–Trinajstić information content (AvgIpc) is 2.61. The second-order valence-electron chi connectivity index (χ2n) is 6.34. The van der Waals surface area contributed by atoms with E-state index < -0.39 is 30.0 Å². The molecule has 0 spiro atoms. The Balaban J connectivity index is 2.43. The Bertz CT molecular complexity index is 771. The van der Waals surface area contributed by atoms with Crippen LogP contribution in [-0.4, -0.2) is 25.1 Å². The van der Waals surface area contributed by atoms with Gasteiger partial charge >= 0.3 is 18.0 Å². The van der Waals surface area contributed by atoms with Crippen LogP contribution in [0, 0.1) is 0 Å². The number of benzene rings is 2. The first kappa shape index (κ1) is 21.2. The minimum atomic E-state index is -6.38. The van der Waals surface area contributed by atoms with Crippen molar-refractivity contribution in [1.82, 2.24) is 0 Å². The van der Waals surface area contributed by atoms with Crippen LogP contribution < -0.4 is 0 Å². The fourth-order valence-electron chi connectivity index (χ4n) is 2.69. The normalized spacial score (nSPS) is 15.4. The first-order valence-corrected chi connectivity index (χ1v) is 7.87. The molecule has 0 aliphatic carbocycles. The molecule has 0 saturated heterocycles. The Kier molecular flexibility index (Phi) is 5.61. The van der Waals surface area contributed by atoms with Crippen LogP contribution in [0.5, 0.6) is 0 Å². The van der Waals surface area contributed by atoms with Crippen LogP contribution in [0.15, 0.2) is 54.6 Å². The predicted molar refractivity (Wildman–Crippen MR) is 86.8 cm³/mol. The Labute approximate surface area is 151 Å². The average molecular weight is 394 g/mol. The lowest BCUT2D eigenvalue weighted by Crippen LogP contribution is -2.54. The van der Waals surface area contributed by atoms with Crippen LogP contribution in [0.1, 0.15) is 18.9 Å². The molecular formula is C19H17F7O. The van der Waals surface area contributed by atoms with Gasteiger partial charge in [-0.2, -0.15) is 30.7 Å². The summed E-state index contributed by atoms with van der Waals surface area (Å²) in [7, 11) is 0.983. The van der Waals surface area contributed by atoms with Crippen molar-refractivity contribution >= 4 is 0 Å². The van der Waals surface area contributed by atoms with Crippen molar-refractivity contribution < 1.29 is 35.5 Å². The highest BCUT2D eigenvalue weighted by Crippen LogP contribution is 2.51. The summed E-state index contributed by atoms with van der Waals surface area (Å²) in [6, 6.07) is 14.7. The number of hydrogen-bond acceptors (Lipinski definition) is 1. The molecule has 2 aromatic carbocycles. The molecule has 0 N–H and O–H groups in total. The highest BCUT2D eigenvalue weighted by Gasteiger charge is 2.73. The molecule has 148 valence electrons. The van der Waals surface area contributed by atoms with Crippen LogP contribution in [0.25, 0.3) is 11.1 Å². The number of hydrogen-bond donors (Lipinski definition) is 0. The summed E-state index contributed by atoms with van der Waals surface area (Å²) in [5.74, 6) is -11.5. The topological polar surface area (TPSA) is 9.23 Å². The molecule has 0 aliphatic rings. The van der Waals surface area contributed by atoms with Gasteiger partial charge in [0.2, 0.25) is 0 Å². The van der Waals surface area contributed by atoms with Crippen molar-refractivity contribution in [2.75, 3.05) is 7.11 Å². The summed E-state index contributed by atoms with van der Waals surface area (Å²) in [5, 5.41) is 0. The zero-order chi connectivity index (χ0) is 20.5. The Morgan fingerprint density at radius 3 is 1.85 bits per heavy atom. The second-order valence-corrected chi connectivity index (χ2v) is 6.34. The number of halogens is 7. The highest BCUT2D eigenvalue weighted by atomic mass is 19.4. The van der Waals surface area contributed by atoms with E-state index in [4.69, 9.17) is 4.74 Å². The van der Waals surface area contributed by atoms with E-state index in [0.29, 0.717) is 5.56 Å². The Hall–Kier alpha value is -2.09. The highest BCUT2D eigenvalue weighted by molar-refractivity contribution is 5.64. The lowest BCUT2D eigenvalue weighted by molar-refractivity contribution is -0.361. The van der Waals surface area contributed by atoms with Crippen molar-refractivity contribution in [3.63, 3.8) is 0 Å². The van der Waals surface area contributed by atoms with Gasteiger partial charge in [0.05, 0.1) is 12.0 Å². The lowest BCUT2D eigenvalue weighted by atomic mass is 9.85. The smallest absolute Gasteiger partial charge is 0.374 e. The van der Waals surface area contributed by atoms with Crippen molar-refractivity contribution in [1.29, 1.82) is 0 Å². The van der Waals surface area contributed by atoms with Crippen molar-refractivity contribution in [3.05, 3.63) is 60.2 Å². The summed E-state index contributed by atoms with van der Waals surface area (Å²) in [5.41, 5.74) is -0.695. The van der Waals surface area contributed by atoms with Gasteiger partial charge in [-0.15, -0.1) is 0 Å². The van der Waals surface area contributed by atoms with E-state index in [9.17, 15) is 30.7 Å². The standard InChI is InChI=1S/C19H17F7O/c1-16(27-2,12-17(20,21)18(22,23)19(24,25)26)15-10-6-9-14(11-15)13-7-4-3-5-8-13/h3-11H,12H2,1-2H3. The molecule has 2 rings (SSSR count). The van der Waals surface area contributed by atoms with Gasteiger partial charge in [0, 0.05) is 7.11 Å². The molecule has 1 atom stereocenters. The molecule has 1 unspecified atom stereocenters. The van der Waals surface area contributed by atoms with Gasteiger partial charge < -0.3 is 4.74 Å². The number of ether oxygens (including phenoxy) is 1. The van der Waals surface area contributed by atoms with Crippen LogP contribution in [0.3, 0.4) is 0 Å². The van der Waals surface area contributed by atoms with E-state index in [1.807, 2.05) is 0 Å². The lowest BCUT2D eigenvalue weighted by Gasteiger charge is -2.36. The molecule has 0 bridgehead atoms.